The molecule has 6 nitrogen and oxygen atoms in total. The predicted octanol–water partition coefficient (Wildman–Crippen LogP) is 1.47. The van der Waals surface area contributed by atoms with Crippen molar-refractivity contribution in [3.8, 4) is 0 Å². The van der Waals surface area contributed by atoms with Crippen molar-refractivity contribution in [3.63, 3.8) is 0 Å². The second kappa shape index (κ2) is 7.93. The van der Waals surface area contributed by atoms with Crippen LogP contribution in [0, 0.1) is 0 Å². The van der Waals surface area contributed by atoms with Gasteiger partial charge in [-0.05, 0) is 32.4 Å². The third kappa shape index (κ3) is 4.67. The first kappa shape index (κ1) is 15.7. The van der Waals surface area contributed by atoms with Crippen LogP contribution in [0.1, 0.15) is 36.7 Å². The van der Waals surface area contributed by atoms with E-state index in [1.807, 2.05) is 7.05 Å². The summed E-state index contributed by atoms with van der Waals surface area (Å²) in [5.74, 6) is 0.650. The highest BCUT2D eigenvalue weighted by atomic mass is 16.2. The molecule has 6 heteroatoms. The molecule has 1 aliphatic heterocycles. The Hall–Kier alpha value is -1.69. The van der Waals surface area contributed by atoms with Crippen LogP contribution < -0.4 is 5.32 Å². The fourth-order valence-corrected chi connectivity index (χ4v) is 2.38. The minimum atomic E-state index is -0.0660. The van der Waals surface area contributed by atoms with Crippen LogP contribution in [0.2, 0.25) is 0 Å². The Morgan fingerprint density at radius 2 is 2.10 bits per heavy atom. The summed E-state index contributed by atoms with van der Waals surface area (Å²) in [4.78, 5) is 24.8. The minimum absolute atomic E-state index is 0.0660. The second-order valence-corrected chi connectivity index (χ2v) is 5.49. The number of aromatic nitrogens is 2. The maximum atomic E-state index is 12.3. The number of nitrogens with zero attached hydrogens (tertiary/aromatic N) is 4. The fourth-order valence-electron chi connectivity index (χ4n) is 2.38. The van der Waals surface area contributed by atoms with Crippen molar-refractivity contribution in [3.05, 3.63) is 18.1 Å². The van der Waals surface area contributed by atoms with Gasteiger partial charge in [0.25, 0.3) is 5.91 Å². The van der Waals surface area contributed by atoms with Crippen LogP contribution in [0.5, 0.6) is 0 Å². The number of amides is 1. The summed E-state index contributed by atoms with van der Waals surface area (Å²) in [7, 11) is 1.82. The molecule has 0 saturated carbocycles. The van der Waals surface area contributed by atoms with E-state index in [0.29, 0.717) is 11.5 Å². The molecular weight excluding hydrogens is 266 g/mol. The number of rotatable bonds is 7. The van der Waals surface area contributed by atoms with Gasteiger partial charge in [0.15, 0.2) is 0 Å². The Labute approximate surface area is 126 Å². The number of likely N-dealkylation sites (N-methyl/N-ethyl adjacent to an activating group) is 1. The minimum Gasteiger partial charge on any atom is -0.369 e. The Kier molecular flexibility index (Phi) is 5.92. The monoisotopic (exact) mass is 291 g/mol. The number of likely N-dealkylation sites (tertiary alicyclic amines) is 1. The van der Waals surface area contributed by atoms with E-state index in [-0.39, 0.29) is 5.91 Å². The lowest BCUT2D eigenvalue weighted by Gasteiger charge is -2.21. The number of carbonyl (C=O) groups excluding carboxylic acids is 1. The van der Waals surface area contributed by atoms with Crippen molar-refractivity contribution in [1.29, 1.82) is 0 Å². The van der Waals surface area contributed by atoms with E-state index in [4.69, 9.17) is 0 Å². The van der Waals surface area contributed by atoms with Gasteiger partial charge in [-0.2, -0.15) is 0 Å². The van der Waals surface area contributed by atoms with Crippen LogP contribution in [0.4, 0.5) is 5.82 Å². The maximum absolute atomic E-state index is 12.3. The molecule has 1 fully saturated rings. The van der Waals surface area contributed by atoms with E-state index in [0.717, 1.165) is 39.1 Å². The van der Waals surface area contributed by atoms with Crippen LogP contribution in [0.15, 0.2) is 12.4 Å². The van der Waals surface area contributed by atoms with Gasteiger partial charge in [0, 0.05) is 26.7 Å². The highest BCUT2D eigenvalue weighted by Crippen LogP contribution is 2.08. The summed E-state index contributed by atoms with van der Waals surface area (Å²) in [5, 5.41) is 3.15. The van der Waals surface area contributed by atoms with Gasteiger partial charge in [0.05, 0.1) is 12.4 Å². The summed E-state index contributed by atoms with van der Waals surface area (Å²) in [6.45, 7) is 6.92. The van der Waals surface area contributed by atoms with Crippen molar-refractivity contribution in [2.45, 2.75) is 26.2 Å². The zero-order valence-electron chi connectivity index (χ0n) is 13.0. The molecule has 0 bridgehead atoms. The summed E-state index contributed by atoms with van der Waals surface area (Å²) < 4.78 is 0. The molecule has 0 radical (unpaired) electrons. The lowest BCUT2D eigenvalue weighted by atomic mass is 10.3. The largest absolute Gasteiger partial charge is 0.369 e. The number of nitrogens with one attached hydrogen (secondary N) is 1. The Morgan fingerprint density at radius 3 is 2.71 bits per heavy atom. The SMILES string of the molecule is CCCNc1cnc(C(=O)N(C)CCN2CCCC2)cn1. The lowest BCUT2D eigenvalue weighted by molar-refractivity contribution is 0.0776. The molecule has 1 aromatic rings. The highest BCUT2D eigenvalue weighted by Gasteiger charge is 2.16. The first-order chi connectivity index (χ1) is 10.2. The maximum Gasteiger partial charge on any atom is 0.273 e. The first-order valence-corrected chi connectivity index (χ1v) is 7.74. The van der Waals surface area contributed by atoms with Crippen LogP contribution >= 0.6 is 0 Å². The molecule has 2 rings (SSSR count). The molecule has 2 heterocycles. The zero-order valence-corrected chi connectivity index (χ0v) is 13.0. The molecule has 1 aromatic heterocycles. The summed E-state index contributed by atoms with van der Waals surface area (Å²) in [6.07, 6.45) is 6.75. The predicted molar refractivity (Wildman–Crippen MR) is 83.4 cm³/mol. The van der Waals surface area contributed by atoms with Gasteiger partial charge in [0.2, 0.25) is 0 Å². The third-order valence-electron chi connectivity index (χ3n) is 3.72. The van der Waals surface area contributed by atoms with Gasteiger partial charge in [-0.15, -0.1) is 0 Å². The van der Waals surface area contributed by atoms with Crippen molar-refractivity contribution in [1.82, 2.24) is 19.8 Å². The highest BCUT2D eigenvalue weighted by molar-refractivity contribution is 5.91. The van der Waals surface area contributed by atoms with Crippen LogP contribution in [-0.2, 0) is 0 Å². The van der Waals surface area contributed by atoms with E-state index < -0.39 is 0 Å². The molecule has 1 N–H and O–H groups in total. The van der Waals surface area contributed by atoms with E-state index >= 15 is 0 Å². The van der Waals surface area contributed by atoms with Crippen LogP contribution in [-0.4, -0.2) is 65.4 Å². The Morgan fingerprint density at radius 1 is 1.33 bits per heavy atom. The molecule has 1 amide bonds. The molecule has 1 saturated heterocycles. The molecule has 1 aliphatic rings. The molecular formula is C15H25N5O. The van der Waals surface area contributed by atoms with Gasteiger partial charge < -0.3 is 15.1 Å². The van der Waals surface area contributed by atoms with Crippen molar-refractivity contribution >= 4 is 11.7 Å². The molecule has 21 heavy (non-hydrogen) atoms. The van der Waals surface area contributed by atoms with Crippen LogP contribution in [0.25, 0.3) is 0 Å². The van der Waals surface area contributed by atoms with Gasteiger partial charge in [-0.1, -0.05) is 6.92 Å². The molecule has 0 aliphatic carbocycles. The van der Waals surface area contributed by atoms with Gasteiger partial charge in [-0.3, -0.25) is 4.79 Å². The quantitative estimate of drug-likeness (QED) is 0.824. The average molecular weight is 291 g/mol. The number of anilines is 1. The topological polar surface area (TPSA) is 61.4 Å². The zero-order chi connectivity index (χ0) is 15.1. The number of hydrogen-bond acceptors (Lipinski definition) is 5. The van der Waals surface area contributed by atoms with E-state index in [2.05, 4.69) is 27.1 Å². The molecule has 116 valence electrons. The summed E-state index contributed by atoms with van der Waals surface area (Å²) in [5.41, 5.74) is 0.404. The first-order valence-electron chi connectivity index (χ1n) is 7.74. The smallest absolute Gasteiger partial charge is 0.273 e. The van der Waals surface area contributed by atoms with E-state index in [9.17, 15) is 4.79 Å². The average Bonchev–Trinajstić information content (AvgIpc) is 3.04. The summed E-state index contributed by atoms with van der Waals surface area (Å²) >= 11 is 0. The normalized spacial score (nSPS) is 15.1. The van der Waals surface area contributed by atoms with Crippen molar-refractivity contribution in [2.24, 2.45) is 0 Å². The van der Waals surface area contributed by atoms with Gasteiger partial charge in [-0.25, -0.2) is 9.97 Å². The molecule has 0 atom stereocenters. The molecule has 0 spiro atoms. The molecule has 0 aromatic carbocycles. The van der Waals surface area contributed by atoms with Gasteiger partial charge in [0.1, 0.15) is 11.5 Å². The lowest BCUT2D eigenvalue weighted by Crippen LogP contribution is -2.35. The standard InChI is InChI=1S/C15H25N5O/c1-3-6-16-14-12-17-13(11-18-14)15(21)19(2)9-10-20-7-4-5-8-20/h11-12H,3-10H2,1-2H3,(H,16,18). The number of carbonyl (C=O) groups is 1. The van der Waals surface area contributed by atoms with Crippen molar-refractivity contribution < 1.29 is 4.79 Å². The summed E-state index contributed by atoms with van der Waals surface area (Å²) in [6, 6.07) is 0. The van der Waals surface area contributed by atoms with E-state index in [1.54, 1.807) is 17.3 Å². The van der Waals surface area contributed by atoms with Crippen LogP contribution in [0.3, 0.4) is 0 Å². The molecule has 0 unspecified atom stereocenters. The second-order valence-electron chi connectivity index (χ2n) is 5.49. The van der Waals surface area contributed by atoms with E-state index in [1.165, 1.54) is 12.8 Å². The van der Waals surface area contributed by atoms with Gasteiger partial charge >= 0.3 is 0 Å². The Bertz CT molecular complexity index is 442. The third-order valence-corrected chi connectivity index (χ3v) is 3.72. The number of hydrogen-bond donors (Lipinski definition) is 1. The fraction of sp³-hybridized carbons (Fsp3) is 0.667. The van der Waals surface area contributed by atoms with Crippen molar-refractivity contribution in [2.75, 3.05) is 45.1 Å². The Balaban J connectivity index is 1.83.